The zero-order valence-corrected chi connectivity index (χ0v) is 9.13. The van der Waals surface area contributed by atoms with Crippen LogP contribution in [0.1, 0.15) is 24.2 Å². The van der Waals surface area contributed by atoms with E-state index < -0.39 is 0 Å². The van der Waals surface area contributed by atoms with E-state index in [1.165, 1.54) is 0 Å². The number of ketones is 1. The Labute approximate surface area is 85.8 Å². The number of halogens is 1. The summed E-state index contributed by atoms with van der Waals surface area (Å²) in [4.78, 5) is 15.4. The van der Waals surface area contributed by atoms with Crippen molar-refractivity contribution in [1.29, 1.82) is 0 Å². The molecule has 0 N–H and O–H groups in total. The minimum atomic E-state index is 0.000000000000000444. The predicted octanol–water partition coefficient (Wildman–Crippen LogP) is 2.99. The average molecular weight is 240 g/mol. The van der Waals surface area contributed by atoms with Crippen LogP contribution in [0.25, 0.3) is 0 Å². The number of carbonyl (C=O) groups is 1. The van der Waals surface area contributed by atoms with Crippen molar-refractivity contribution in [2.24, 2.45) is 0 Å². The molecule has 1 rings (SSSR count). The molecule has 0 saturated carbocycles. The molecule has 13 heavy (non-hydrogen) atoms. The molecule has 0 aliphatic carbocycles. The number of aromatic nitrogens is 1. The van der Waals surface area contributed by atoms with Gasteiger partial charge in [0.25, 0.3) is 0 Å². The third kappa shape index (κ3) is 3.11. The summed E-state index contributed by atoms with van der Waals surface area (Å²) in [6.45, 7) is 3.79. The lowest BCUT2D eigenvalue weighted by Gasteiger charge is -1.95. The topological polar surface area (TPSA) is 30.0 Å². The van der Waals surface area contributed by atoms with Crippen LogP contribution in [0, 0.1) is 0 Å². The van der Waals surface area contributed by atoms with Gasteiger partial charge in [0.15, 0.2) is 5.78 Å². The van der Waals surface area contributed by atoms with E-state index in [9.17, 15) is 4.79 Å². The molecule has 0 saturated heterocycles. The highest BCUT2D eigenvalue weighted by atomic mass is 79.9. The van der Waals surface area contributed by atoms with Gasteiger partial charge in [0.1, 0.15) is 4.60 Å². The van der Waals surface area contributed by atoms with Crippen LogP contribution in [-0.4, -0.2) is 10.8 Å². The van der Waals surface area contributed by atoms with Crippen LogP contribution < -0.4 is 0 Å². The quantitative estimate of drug-likeness (QED) is 0.452. The summed E-state index contributed by atoms with van der Waals surface area (Å²) in [6.07, 6.45) is 3.16. The fourth-order valence-corrected chi connectivity index (χ4v) is 1.10. The summed E-state index contributed by atoms with van der Waals surface area (Å²) in [6, 6.07) is 3.50. The summed E-state index contributed by atoms with van der Waals surface area (Å²) in [5.74, 6) is 0.000000000000000444. The molecule has 0 spiro atoms. The van der Waals surface area contributed by atoms with E-state index in [4.69, 9.17) is 0 Å². The van der Waals surface area contributed by atoms with E-state index in [0.717, 1.165) is 10.2 Å². The predicted molar refractivity (Wildman–Crippen MR) is 55.7 cm³/mol. The van der Waals surface area contributed by atoms with Crippen LogP contribution in [-0.2, 0) is 0 Å². The summed E-state index contributed by atoms with van der Waals surface area (Å²) in [5.41, 5.74) is 1.61. The second kappa shape index (κ2) is 4.33. The van der Waals surface area contributed by atoms with Gasteiger partial charge in [-0.2, -0.15) is 0 Å². The fraction of sp³-hybridized carbons (Fsp3) is 0.200. The summed E-state index contributed by atoms with van der Waals surface area (Å²) in [7, 11) is 0. The molecule has 0 bridgehead atoms. The molecule has 1 aromatic rings. The second-order valence-corrected chi connectivity index (χ2v) is 3.77. The Balaban J connectivity index is 2.90. The maximum Gasteiger partial charge on any atom is 0.187 e. The number of nitrogens with zero attached hydrogens (tertiary/aromatic N) is 1. The Hall–Kier alpha value is -0.960. The van der Waals surface area contributed by atoms with Crippen LogP contribution >= 0.6 is 15.9 Å². The number of rotatable bonds is 2. The molecule has 1 aromatic heterocycles. The van der Waals surface area contributed by atoms with Gasteiger partial charge in [-0.05, 0) is 48.0 Å². The number of allylic oxidation sites excluding steroid dienone is 2. The average Bonchev–Trinajstić information content (AvgIpc) is 2.04. The maximum atomic E-state index is 11.4. The summed E-state index contributed by atoms with van der Waals surface area (Å²) >= 11 is 3.21. The van der Waals surface area contributed by atoms with Crippen molar-refractivity contribution in [2.45, 2.75) is 13.8 Å². The first-order chi connectivity index (χ1) is 6.09. The number of hydrogen-bond acceptors (Lipinski definition) is 2. The van der Waals surface area contributed by atoms with Crippen LogP contribution in [0.2, 0.25) is 0 Å². The molecule has 0 amide bonds. The first-order valence-corrected chi connectivity index (χ1v) is 4.69. The monoisotopic (exact) mass is 239 g/mol. The first-order valence-electron chi connectivity index (χ1n) is 3.90. The maximum absolute atomic E-state index is 11.4. The molecule has 2 nitrogen and oxygen atoms in total. The van der Waals surface area contributed by atoms with Gasteiger partial charge in [-0.1, -0.05) is 5.57 Å². The van der Waals surface area contributed by atoms with Gasteiger partial charge in [-0.3, -0.25) is 4.79 Å². The standard InChI is InChI=1S/C10H10BrNO/c1-7(2)5-9(13)8-3-4-10(11)12-6-8/h3-6H,1-2H3. The fourth-order valence-electron chi connectivity index (χ4n) is 0.867. The highest BCUT2D eigenvalue weighted by molar-refractivity contribution is 9.10. The van der Waals surface area contributed by atoms with Gasteiger partial charge in [0.2, 0.25) is 0 Å². The van der Waals surface area contributed by atoms with Gasteiger partial charge in [0, 0.05) is 11.8 Å². The van der Waals surface area contributed by atoms with Crippen molar-refractivity contribution < 1.29 is 4.79 Å². The van der Waals surface area contributed by atoms with Crippen molar-refractivity contribution in [3.05, 3.63) is 40.1 Å². The molecule has 0 radical (unpaired) electrons. The van der Waals surface area contributed by atoms with E-state index in [0.29, 0.717) is 5.56 Å². The van der Waals surface area contributed by atoms with E-state index in [1.807, 2.05) is 13.8 Å². The third-order valence-electron chi connectivity index (χ3n) is 1.43. The Bertz CT molecular complexity index is 336. The molecular weight excluding hydrogens is 230 g/mol. The minimum absolute atomic E-state index is 0.000000000000000444. The molecule has 3 heteroatoms. The second-order valence-electron chi connectivity index (χ2n) is 2.96. The van der Waals surface area contributed by atoms with Crippen molar-refractivity contribution in [2.75, 3.05) is 0 Å². The van der Waals surface area contributed by atoms with Gasteiger partial charge < -0.3 is 0 Å². The van der Waals surface area contributed by atoms with E-state index in [2.05, 4.69) is 20.9 Å². The molecule has 0 fully saturated rings. The molecule has 0 aliphatic rings. The van der Waals surface area contributed by atoms with Crippen molar-refractivity contribution in [1.82, 2.24) is 4.98 Å². The zero-order chi connectivity index (χ0) is 9.84. The Kier molecular flexibility index (Phi) is 3.37. The zero-order valence-electron chi connectivity index (χ0n) is 7.54. The molecular formula is C10H10BrNO. The van der Waals surface area contributed by atoms with Gasteiger partial charge in [-0.15, -0.1) is 0 Å². The third-order valence-corrected chi connectivity index (χ3v) is 1.90. The van der Waals surface area contributed by atoms with Gasteiger partial charge >= 0.3 is 0 Å². The first kappa shape index (κ1) is 10.1. The van der Waals surface area contributed by atoms with Crippen LogP contribution in [0.4, 0.5) is 0 Å². The molecule has 68 valence electrons. The Morgan fingerprint density at radius 1 is 1.46 bits per heavy atom. The van der Waals surface area contributed by atoms with Crippen LogP contribution in [0.3, 0.4) is 0 Å². The molecule has 0 aromatic carbocycles. The lowest BCUT2D eigenvalue weighted by molar-refractivity contribution is 0.104. The Morgan fingerprint density at radius 3 is 2.62 bits per heavy atom. The van der Waals surface area contributed by atoms with Crippen LogP contribution in [0.5, 0.6) is 0 Å². The van der Waals surface area contributed by atoms with Crippen molar-refractivity contribution >= 4 is 21.7 Å². The smallest absolute Gasteiger partial charge is 0.187 e. The van der Waals surface area contributed by atoms with Gasteiger partial charge in [-0.25, -0.2) is 4.98 Å². The minimum Gasteiger partial charge on any atom is -0.289 e. The number of pyridine rings is 1. The lowest BCUT2D eigenvalue weighted by atomic mass is 10.1. The molecule has 0 atom stereocenters. The van der Waals surface area contributed by atoms with Crippen molar-refractivity contribution in [3.63, 3.8) is 0 Å². The van der Waals surface area contributed by atoms with E-state index in [-0.39, 0.29) is 5.78 Å². The molecule has 0 aliphatic heterocycles. The van der Waals surface area contributed by atoms with E-state index >= 15 is 0 Å². The largest absolute Gasteiger partial charge is 0.289 e. The SMILES string of the molecule is CC(C)=CC(=O)c1ccc(Br)nc1. The lowest BCUT2D eigenvalue weighted by Crippen LogP contribution is -1.95. The highest BCUT2D eigenvalue weighted by Gasteiger charge is 2.01. The highest BCUT2D eigenvalue weighted by Crippen LogP contribution is 2.08. The number of carbonyl (C=O) groups excluding carboxylic acids is 1. The van der Waals surface area contributed by atoms with Gasteiger partial charge in [0.05, 0.1) is 0 Å². The van der Waals surface area contributed by atoms with E-state index in [1.54, 1.807) is 24.4 Å². The summed E-state index contributed by atoms with van der Waals surface area (Å²) < 4.78 is 0.737. The Morgan fingerprint density at radius 2 is 2.15 bits per heavy atom. The molecule has 0 unspecified atom stereocenters. The van der Waals surface area contributed by atoms with Crippen molar-refractivity contribution in [3.8, 4) is 0 Å². The van der Waals surface area contributed by atoms with Crippen LogP contribution in [0.15, 0.2) is 34.6 Å². The summed E-state index contributed by atoms with van der Waals surface area (Å²) in [5, 5.41) is 0. The normalized spacial score (nSPS) is 9.46. The molecule has 1 heterocycles. The number of hydrogen-bond donors (Lipinski definition) is 0.